The van der Waals surface area contributed by atoms with E-state index < -0.39 is 17.7 Å². The monoisotopic (exact) mass is 290 g/mol. The zero-order valence-corrected chi connectivity index (χ0v) is 11.5. The van der Waals surface area contributed by atoms with Crippen LogP contribution in [-0.4, -0.2) is 5.11 Å². The van der Waals surface area contributed by atoms with Gasteiger partial charge in [0.15, 0.2) is 0 Å². The standard InChI is InChI=1S/C17H16F2O2/c18-13-6-11(7-14(19)8-13)10-21-15-5-4-12-2-1-3-17(20)16(12)9-15/h4-9,17,20H,1-3,10H2/t17-/m0/s1. The van der Waals surface area contributed by atoms with Crippen LogP contribution in [0.4, 0.5) is 8.78 Å². The minimum Gasteiger partial charge on any atom is -0.489 e. The van der Waals surface area contributed by atoms with Gasteiger partial charge in [-0.1, -0.05) is 6.07 Å². The van der Waals surface area contributed by atoms with E-state index in [0.717, 1.165) is 36.5 Å². The van der Waals surface area contributed by atoms with E-state index in [0.29, 0.717) is 11.3 Å². The molecule has 4 heteroatoms. The minimum atomic E-state index is -0.616. The second kappa shape index (κ2) is 5.82. The maximum atomic E-state index is 13.1. The third-order valence-electron chi connectivity index (χ3n) is 3.73. The molecule has 1 aliphatic rings. The van der Waals surface area contributed by atoms with Gasteiger partial charge in [0, 0.05) is 6.07 Å². The van der Waals surface area contributed by atoms with E-state index in [2.05, 4.69) is 0 Å². The molecule has 110 valence electrons. The molecule has 0 fully saturated rings. The number of halogens is 2. The molecule has 0 saturated heterocycles. The van der Waals surface area contributed by atoms with E-state index in [4.69, 9.17) is 4.74 Å². The lowest BCUT2D eigenvalue weighted by Gasteiger charge is -2.22. The van der Waals surface area contributed by atoms with Crippen LogP contribution in [0, 0.1) is 11.6 Å². The maximum absolute atomic E-state index is 13.1. The highest BCUT2D eigenvalue weighted by Crippen LogP contribution is 2.32. The zero-order valence-electron chi connectivity index (χ0n) is 11.5. The van der Waals surface area contributed by atoms with Gasteiger partial charge in [0.2, 0.25) is 0 Å². The molecule has 21 heavy (non-hydrogen) atoms. The number of benzene rings is 2. The van der Waals surface area contributed by atoms with Crippen LogP contribution >= 0.6 is 0 Å². The van der Waals surface area contributed by atoms with Crippen molar-refractivity contribution in [1.29, 1.82) is 0 Å². The SMILES string of the molecule is O[C@H]1CCCc2ccc(OCc3cc(F)cc(F)c3)cc21. The molecular weight excluding hydrogens is 274 g/mol. The number of hydrogen-bond acceptors (Lipinski definition) is 2. The lowest BCUT2D eigenvalue weighted by molar-refractivity contribution is 0.156. The molecule has 1 aliphatic carbocycles. The van der Waals surface area contributed by atoms with E-state index in [1.807, 2.05) is 18.2 Å². The highest BCUT2D eigenvalue weighted by Gasteiger charge is 2.18. The summed E-state index contributed by atoms with van der Waals surface area (Å²) in [7, 11) is 0. The van der Waals surface area contributed by atoms with Crippen LogP contribution in [0.15, 0.2) is 36.4 Å². The zero-order chi connectivity index (χ0) is 14.8. The van der Waals surface area contributed by atoms with Gasteiger partial charge in [0.05, 0.1) is 6.10 Å². The molecular formula is C17H16F2O2. The second-order valence-electron chi connectivity index (χ2n) is 5.34. The summed E-state index contributed by atoms with van der Waals surface area (Å²) in [6, 6.07) is 8.91. The van der Waals surface area contributed by atoms with Crippen LogP contribution in [0.3, 0.4) is 0 Å². The Bertz CT molecular complexity index is 635. The van der Waals surface area contributed by atoms with Gasteiger partial charge in [0.1, 0.15) is 24.0 Å². The van der Waals surface area contributed by atoms with Gasteiger partial charge in [-0.25, -0.2) is 8.78 Å². The molecule has 0 saturated carbocycles. The van der Waals surface area contributed by atoms with Crippen molar-refractivity contribution in [2.24, 2.45) is 0 Å². The molecule has 1 N–H and O–H groups in total. The van der Waals surface area contributed by atoms with Crippen molar-refractivity contribution in [3.8, 4) is 5.75 Å². The van der Waals surface area contributed by atoms with Crippen molar-refractivity contribution in [2.45, 2.75) is 32.0 Å². The van der Waals surface area contributed by atoms with Gasteiger partial charge in [-0.05, 0) is 60.2 Å². The molecule has 0 amide bonds. The Kier molecular flexibility index (Phi) is 3.88. The van der Waals surface area contributed by atoms with Crippen LogP contribution in [0.2, 0.25) is 0 Å². The molecule has 0 unspecified atom stereocenters. The van der Waals surface area contributed by atoms with Gasteiger partial charge in [-0.3, -0.25) is 0 Å². The van der Waals surface area contributed by atoms with Crippen molar-refractivity contribution in [3.63, 3.8) is 0 Å². The molecule has 0 radical (unpaired) electrons. The number of aliphatic hydroxyl groups is 1. The summed E-state index contributed by atoms with van der Waals surface area (Å²) >= 11 is 0. The highest BCUT2D eigenvalue weighted by atomic mass is 19.1. The molecule has 3 rings (SSSR count). The molecule has 1 atom stereocenters. The summed E-state index contributed by atoms with van der Waals surface area (Å²) in [5.74, 6) is -0.636. The number of hydrogen-bond donors (Lipinski definition) is 1. The highest BCUT2D eigenvalue weighted by molar-refractivity contribution is 5.38. The van der Waals surface area contributed by atoms with Gasteiger partial charge in [0.25, 0.3) is 0 Å². The molecule has 0 spiro atoms. The fourth-order valence-electron chi connectivity index (χ4n) is 2.70. The third-order valence-corrected chi connectivity index (χ3v) is 3.73. The topological polar surface area (TPSA) is 29.5 Å². The first-order chi connectivity index (χ1) is 10.1. The Morgan fingerprint density at radius 3 is 2.62 bits per heavy atom. The van der Waals surface area contributed by atoms with Gasteiger partial charge < -0.3 is 9.84 Å². The third kappa shape index (κ3) is 3.22. The van der Waals surface area contributed by atoms with Crippen LogP contribution in [-0.2, 0) is 13.0 Å². The average molecular weight is 290 g/mol. The van der Waals surface area contributed by atoms with Crippen molar-refractivity contribution >= 4 is 0 Å². The summed E-state index contributed by atoms with van der Waals surface area (Å²) in [6.45, 7) is 0.0869. The number of fused-ring (bicyclic) bond motifs is 1. The van der Waals surface area contributed by atoms with E-state index in [1.54, 1.807) is 0 Å². The van der Waals surface area contributed by atoms with Crippen molar-refractivity contribution < 1.29 is 18.6 Å². The summed E-state index contributed by atoms with van der Waals surface area (Å²) in [6.07, 6.45) is 2.24. The van der Waals surface area contributed by atoms with Crippen LogP contribution in [0.25, 0.3) is 0 Å². The first-order valence-corrected chi connectivity index (χ1v) is 7.00. The smallest absolute Gasteiger partial charge is 0.126 e. The van der Waals surface area contributed by atoms with Gasteiger partial charge in [-0.15, -0.1) is 0 Å². The predicted molar refractivity (Wildman–Crippen MR) is 75.0 cm³/mol. The lowest BCUT2D eigenvalue weighted by Crippen LogP contribution is -2.09. The molecule has 2 aromatic rings. The van der Waals surface area contributed by atoms with Crippen LogP contribution in [0.1, 0.15) is 35.6 Å². The summed E-state index contributed by atoms with van der Waals surface area (Å²) in [4.78, 5) is 0. The predicted octanol–water partition coefficient (Wildman–Crippen LogP) is 3.91. The fourth-order valence-corrected chi connectivity index (χ4v) is 2.70. The van der Waals surface area contributed by atoms with Crippen LogP contribution < -0.4 is 4.74 Å². The Labute approximate surface area is 122 Å². The summed E-state index contributed by atoms with van der Waals surface area (Å²) in [5, 5.41) is 9.99. The summed E-state index contributed by atoms with van der Waals surface area (Å²) < 4.78 is 31.8. The minimum absolute atomic E-state index is 0.0869. The normalized spacial score (nSPS) is 17.4. The molecule has 0 bridgehead atoms. The Balaban J connectivity index is 1.75. The first-order valence-electron chi connectivity index (χ1n) is 7.00. The Morgan fingerprint density at radius 2 is 1.86 bits per heavy atom. The average Bonchev–Trinajstić information content (AvgIpc) is 2.45. The molecule has 2 aromatic carbocycles. The van der Waals surface area contributed by atoms with Gasteiger partial charge >= 0.3 is 0 Å². The van der Waals surface area contributed by atoms with Crippen molar-refractivity contribution in [3.05, 3.63) is 64.7 Å². The van der Waals surface area contributed by atoms with E-state index >= 15 is 0 Å². The quantitative estimate of drug-likeness (QED) is 0.928. The molecule has 0 heterocycles. The molecule has 0 aliphatic heterocycles. The van der Waals surface area contributed by atoms with E-state index in [9.17, 15) is 13.9 Å². The molecule has 0 aromatic heterocycles. The summed E-state index contributed by atoms with van der Waals surface area (Å²) in [5.41, 5.74) is 2.47. The number of aryl methyl sites for hydroxylation is 1. The van der Waals surface area contributed by atoms with Crippen molar-refractivity contribution in [2.75, 3.05) is 0 Å². The lowest BCUT2D eigenvalue weighted by atomic mass is 9.89. The van der Waals surface area contributed by atoms with Crippen LogP contribution in [0.5, 0.6) is 5.75 Å². The second-order valence-corrected chi connectivity index (χ2v) is 5.34. The number of rotatable bonds is 3. The van der Waals surface area contributed by atoms with Crippen molar-refractivity contribution in [1.82, 2.24) is 0 Å². The largest absolute Gasteiger partial charge is 0.489 e. The Hall–Kier alpha value is -1.94. The fraction of sp³-hybridized carbons (Fsp3) is 0.294. The number of ether oxygens (including phenoxy) is 1. The van der Waals surface area contributed by atoms with E-state index in [-0.39, 0.29) is 6.61 Å². The van der Waals surface area contributed by atoms with Gasteiger partial charge in [-0.2, -0.15) is 0 Å². The Morgan fingerprint density at radius 1 is 1.10 bits per heavy atom. The van der Waals surface area contributed by atoms with E-state index in [1.165, 1.54) is 12.1 Å². The molecule has 2 nitrogen and oxygen atoms in total. The number of aliphatic hydroxyl groups excluding tert-OH is 1. The maximum Gasteiger partial charge on any atom is 0.126 e. The first kappa shape index (κ1) is 14.0.